The lowest BCUT2D eigenvalue weighted by atomic mass is 10.3. The van der Waals surface area contributed by atoms with E-state index < -0.39 is 0 Å². The van der Waals surface area contributed by atoms with E-state index in [0.29, 0.717) is 5.76 Å². The van der Waals surface area contributed by atoms with E-state index in [0.717, 1.165) is 22.8 Å². The highest BCUT2D eigenvalue weighted by Crippen LogP contribution is 2.29. The number of aromatic nitrogens is 1. The average Bonchev–Trinajstić information content (AvgIpc) is 3.08. The Morgan fingerprint density at radius 3 is 3.09 bits per heavy atom. The molecule has 9 heteroatoms. The van der Waals surface area contributed by atoms with E-state index in [9.17, 15) is 4.79 Å². The summed E-state index contributed by atoms with van der Waals surface area (Å²) in [5.74, 6) is 0.641. The van der Waals surface area contributed by atoms with Crippen molar-refractivity contribution in [1.82, 2.24) is 10.4 Å². The molecule has 118 valence electrons. The van der Waals surface area contributed by atoms with Gasteiger partial charge in [-0.15, -0.1) is 11.3 Å². The van der Waals surface area contributed by atoms with Crippen molar-refractivity contribution in [3.8, 4) is 0 Å². The lowest BCUT2D eigenvalue weighted by Gasteiger charge is -1.96. The number of nitrogens with one attached hydrogen (secondary N) is 1. The topological polar surface area (TPSA) is 67.5 Å². The number of para-hydroxylation sites is 1. The SMILES string of the molecule is O=C(CSc1nc2ccccc2s1)N/N=C/c1cc(Br)c(I)o1. The number of hydrogen-bond acceptors (Lipinski definition) is 6. The fourth-order valence-corrected chi connectivity index (χ4v) is 4.24. The van der Waals surface area contributed by atoms with Crippen LogP contribution in [0, 0.1) is 3.77 Å². The molecule has 1 aromatic carbocycles. The molecule has 0 radical (unpaired) electrons. The van der Waals surface area contributed by atoms with Crippen LogP contribution in [0.4, 0.5) is 0 Å². The van der Waals surface area contributed by atoms with Gasteiger partial charge in [0.05, 0.1) is 26.7 Å². The number of halogens is 2. The number of carbonyl (C=O) groups excluding carboxylic acids is 1. The Labute approximate surface area is 162 Å². The maximum atomic E-state index is 11.8. The Morgan fingerprint density at radius 1 is 1.52 bits per heavy atom. The Kier molecular flexibility index (Phi) is 5.72. The molecular formula is C14H9BrIN3O2S2. The predicted octanol–water partition coefficient (Wildman–Crippen LogP) is 4.50. The third kappa shape index (κ3) is 4.55. The van der Waals surface area contributed by atoms with E-state index in [4.69, 9.17) is 4.42 Å². The van der Waals surface area contributed by atoms with Gasteiger partial charge in [-0.2, -0.15) is 5.10 Å². The summed E-state index contributed by atoms with van der Waals surface area (Å²) in [6.07, 6.45) is 1.47. The van der Waals surface area contributed by atoms with Crippen LogP contribution in [-0.2, 0) is 4.79 Å². The molecule has 5 nitrogen and oxygen atoms in total. The first-order chi connectivity index (χ1) is 11.1. The maximum absolute atomic E-state index is 11.8. The van der Waals surface area contributed by atoms with E-state index in [2.05, 4.69) is 54.0 Å². The van der Waals surface area contributed by atoms with Crippen LogP contribution in [0.1, 0.15) is 5.76 Å². The molecule has 0 saturated heterocycles. The second-order valence-electron chi connectivity index (χ2n) is 4.30. The van der Waals surface area contributed by atoms with Crippen LogP contribution in [0.15, 0.2) is 48.7 Å². The van der Waals surface area contributed by atoms with Gasteiger partial charge in [-0.3, -0.25) is 4.79 Å². The van der Waals surface area contributed by atoms with Gasteiger partial charge in [-0.1, -0.05) is 23.9 Å². The van der Waals surface area contributed by atoms with Gasteiger partial charge in [0.1, 0.15) is 5.76 Å². The van der Waals surface area contributed by atoms with Crippen LogP contribution in [0.25, 0.3) is 10.2 Å². The standard InChI is InChI=1S/C14H9BrIN3O2S2/c15-9-5-8(21-13(9)16)6-17-19-12(20)7-22-14-18-10-3-1-2-4-11(10)23-14/h1-6H,7H2,(H,19,20)/b17-6+. The summed E-state index contributed by atoms with van der Waals surface area (Å²) in [5.41, 5.74) is 3.43. The average molecular weight is 522 g/mol. The highest BCUT2D eigenvalue weighted by Gasteiger charge is 2.07. The Hall–Kier alpha value is -0.910. The number of fused-ring (bicyclic) bond motifs is 1. The molecular weight excluding hydrogens is 513 g/mol. The molecule has 2 aromatic heterocycles. The number of carbonyl (C=O) groups is 1. The van der Waals surface area contributed by atoms with Crippen LogP contribution in [0.3, 0.4) is 0 Å². The number of furan rings is 1. The minimum Gasteiger partial charge on any atom is -0.448 e. The Bertz CT molecular complexity index is 825. The molecule has 1 N–H and O–H groups in total. The number of thiazole rings is 1. The first-order valence-electron chi connectivity index (χ1n) is 6.37. The van der Waals surface area contributed by atoms with Crippen molar-refractivity contribution in [3.05, 3.63) is 44.3 Å². The third-order valence-corrected chi connectivity index (χ3v) is 6.96. The summed E-state index contributed by atoms with van der Waals surface area (Å²) >= 11 is 8.38. The van der Waals surface area contributed by atoms with Crippen LogP contribution >= 0.6 is 61.6 Å². The van der Waals surface area contributed by atoms with Crippen molar-refractivity contribution in [1.29, 1.82) is 0 Å². The zero-order valence-electron chi connectivity index (χ0n) is 11.5. The normalized spacial score (nSPS) is 11.4. The smallest absolute Gasteiger partial charge is 0.250 e. The van der Waals surface area contributed by atoms with E-state index in [1.165, 1.54) is 18.0 Å². The number of hydrazone groups is 1. The summed E-state index contributed by atoms with van der Waals surface area (Å²) in [6.45, 7) is 0. The summed E-state index contributed by atoms with van der Waals surface area (Å²) in [4.78, 5) is 16.3. The van der Waals surface area contributed by atoms with Crippen LogP contribution in [0.5, 0.6) is 0 Å². The summed E-state index contributed by atoms with van der Waals surface area (Å²) in [5, 5.41) is 3.88. The molecule has 1 amide bonds. The monoisotopic (exact) mass is 521 g/mol. The molecule has 0 unspecified atom stereocenters. The van der Waals surface area contributed by atoms with Gasteiger partial charge in [0.2, 0.25) is 0 Å². The first kappa shape index (κ1) is 16.9. The minimum absolute atomic E-state index is 0.189. The molecule has 0 atom stereocenters. The van der Waals surface area contributed by atoms with Gasteiger partial charge in [0, 0.05) is 28.7 Å². The molecule has 2 heterocycles. The van der Waals surface area contributed by atoms with Gasteiger partial charge < -0.3 is 4.42 Å². The van der Waals surface area contributed by atoms with E-state index >= 15 is 0 Å². The zero-order chi connectivity index (χ0) is 16.2. The predicted molar refractivity (Wildman–Crippen MR) is 105 cm³/mol. The molecule has 0 saturated carbocycles. The zero-order valence-corrected chi connectivity index (χ0v) is 16.8. The van der Waals surface area contributed by atoms with Crippen molar-refractivity contribution < 1.29 is 9.21 Å². The Morgan fingerprint density at radius 2 is 2.35 bits per heavy atom. The van der Waals surface area contributed by atoms with Gasteiger partial charge in [0.25, 0.3) is 5.91 Å². The highest BCUT2D eigenvalue weighted by molar-refractivity contribution is 14.1. The van der Waals surface area contributed by atoms with Crippen LogP contribution < -0.4 is 5.43 Å². The van der Waals surface area contributed by atoms with E-state index in [-0.39, 0.29) is 11.7 Å². The fraction of sp³-hybridized carbons (Fsp3) is 0.0714. The minimum atomic E-state index is -0.189. The quantitative estimate of drug-likeness (QED) is 0.232. The largest absolute Gasteiger partial charge is 0.448 e. The maximum Gasteiger partial charge on any atom is 0.250 e. The molecule has 23 heavy (non-hydrogen) atoms. The van der Waals surface area contributed by atoms with Gasteiger partial charge in [0.15, 0.2) is 8.11 Å². The summed E-state index contributed by atoms with van der Waals surface area (Å²) < 4.78 is 8.97. The van der Waals surface area contributed by atoms with Crippen molar-refractivity contribution in [2.24, 2.45) is 5.10 Å². The van der Waals surface area contributed by atoms with E-state index in [1.807, 2.05) is 24.3 Å². The van der Waals surface area contributed by atoms with E-state index in [1.54, 1.807) is 17.4 Å². The number of benzene rings is 1. The van der Waals surface area contributed by atoms with Crippen molar-refractivity contribution in [3.63, 3.8) is 0 Å². The lowest BCUT2D eigenvalue weighted by Crippen LogP contribution is -2.19. The van der Waals surface area contributed by atoms with Crippen molar-refractivity contribution >= 4 is 84.0 Å². The second-order valence-corrected chi connectivity index (χ2v) is 8.39. The number of nitrogens with zero attached hydrogens (tertiary/aromatic N) is 2. The Balaban J connectivity index is 1.51. The number of rotatable bonds is 5. The van der Waals surface area contributed by atoms with Gasteiger partial charge >= 0.3 is 0 Å². The molecule has 0 aliphatic carbocycles. The number of hydrogen-bond donors (Lipinski definition) is 1. The summed E-state index contributed by atoms with van der Waals surface area (Å²) in [6, 6.07) is 9.69. The summed E-state index contributed by atoms with van der Waals surface area (Å²) in [7, 11) is 0. The fourth-order valence-electron chi connectivity index (χ4n) is 1.67. The number of thioether (sulfide) groups is 1. The van der Waals surface area contributed by atoms with Gasteiger partial charge in [-0.05, 0) is 28.1 Å². The van der Waals surface area contributed by atoms with Crippen molar-refractivity contribution in [2.75, 3.05) is 5.75 Å². The third-order valence-electron chi connectivity index (χ3n) is 2.65. The second kappa shape index (κ2) is 7.77. The molecule has 3 rings (SSSR count). The molecule has 3 aromatic rings. The molecule has 0 aliphatic rings. The van der Waals surface area contributed by atoms with Crippen LogP contribution in [-0.4, -0.2) is 22.9 Å². The molecule has 0 bridgehead atoms. The van der Waals surface area contributed by atoms with Crippen LogP contribution in [0.2, 0.25) is 0 Å². The molecule has 0 spiro atoms. The first-order valence-corrected chi connectivity index (χ1v) is 10.0. The lowest BCUT2D eigenvalue weighted by molar-refractivity contribution is -0.118. The highest BCUT2D eigenvalue weighted by atomic mass is 127. The molecule has 0 fully saturated rings. The van der Waals surface area contributed by atoms with Gasteiger partial charge in [-0.25, -0.2) is 10.4 Å². The molecule has 0 aliphatic heterocycles. The number of amides is 1. The van der Waals surface area contributed by atoms with Crippen molar-refractivity contribution in [2.45, 2.75) is 4.34 Å².